The van der Waals surface area contributed by atoms with E-state index in [9.17, 15) is 4.79 Å². The van der Waals surface area contributed by atoms with Crippen molar-refractivity contribution in [2.45, 2.75) is 38.1 Å². The molecular weight excluding hydrogens is 240 g/mol. The van der Waals surface area contributed by atoms with Gasteiger partial charge in [-0.1, -0.05) is 6.42 Å². The topological polar surface area (TPSA) is 45.5 Å². The molecule has 0 aromatic carbocycles. The van der Waals surface area contributed by atoms with E-state index in [1.165, 1.54) is 25.7 Å². The average Bonchev–Trinajstić information content (AvgIpc) is 2.79. The Labute approximate surface area is 113 Å². The highest BCUT2D eigenvalue weighted by Crippen LogP contribution is 2.60. The van der Waals surface area contributed by atoms with E-state index in [1.54, 1.807) is 6.26 Å². The molecule has 4 nitrogen and oxygen atoms in total. The van der Waals surface area contributed by atoms with Crippen molar-refractivity contribution in [1.82, 2.24) is 10.2 Å². The summed E-state index contributed by atoms with van der Waals surface area (Å²) in [5, 5.41) is 3.19. The summed E-state index contributed by atoms with van der Waals surface area (Å²) >= 11 is 0. The van der Waals surface area contributed by atoms with Gasteiger partial charge in [0.15, 0.2) is 0 Å². The Morgan fingerprint density at radius 2 is 2.32 bits per heavy atom. The molecule has 2 heterocycles. The Balaban J connectivity index is 1.21. The Bertz CT molecular complexity index is 472. The second-order valence-electron chi connectivity index (χ2n) is 6.48. The van der Waals surface area contributed by atoms with Gasteiger partial charge in [0.1, 0.15) is 5.76 Å². The number of nitrogens with zero attached hydrogens (tertiary/aromatic N) is 1. The summed E-state index contributed by atoms with van der Waals surface area (Å²) in [6.07, 6.45) is 7.86. The van der Waals surface area contributed by atoms with Gasteiger partial charge in [0.25, 0.3) is 0 Å². The molecule has 1 saturated heterocycles. The molecule has 102 valence electrons. The molecule has 0 radical (unpaired) electrons. The smallest absolute Gasteiger partial charge is 0.317 e. The Morgan fingerprint density at radius 1 is 1.47 bits per heavy atom. The number of urea groups is 1. The molecule has 2 amide bonds. The molecular formula is C15H20N2O2. The lowest BCUT2D eigenvalue weighted by Crippen LogP contribution is -2.55. The van der Waals surface area contributed by atoms with Gasteiger partial charge < -0.3 is 14.6 Å². The monoisotopic (exact) mass is 260 g/mol. The van der Waals surface area contributed by atoms with E-state index in [0.29, 0.717) is 17.4 Å². The second-order valence-corrected chi connectivity index (χ2v) is 6.48. The van der Waals surface area contributed by atoms with Gasteiger partial charge in [0.05, 0.1) is 6.26 Å². The van der Waals surface area contributed by atoms with Crippen molar-refractivity contribution in [2.24, 2.45) is 11.3 Å². The van der Waals surface area contributed by atoms with Crippen LogP contribution in [0.15, 0.2) is 22.8 Å². The highest BCUT2D eigenvalue weighted by atomic mass is 16.3. The van der Waals surface area contributed by atoms with Crippen molar-refractivity contribution >= 4 is 6.03 Å². The lowest BCUT2D eigenvalue weighted by atomic mass is 9.81. The van der Waals surface area contributed by atoms with Crippen LogP contribution < -0.4 is 5.32 Å². The summed E-state index contributed by atoms with van der Waals surface area (Å²) in [7, 11) is 0. The number of furan rings is 1. The van der Waals surface area contributed by atoms with Crippen LogP contribution in [-0.4, -0.2) is 30.1 Å². The van der Waals surface area contributed by atoms with Crippen LogP contribution >= 0.6 is 0 Å². The van der Waals surface area contributed by atoms with Crippen molar-refractivity contribution < 1.29 is 9.21 Å². The van der Waals surface area contributed by atoms with E-state index in [4.69, 9.17) is 4.42 Å². The van der Waals surface area contributed by atoms with Crippen LogP contribution in [0.5, 0.6) is 0 Å². The van der Waals surface area contributed by atoms with Crippen molar-refractivity contribution in [1.29, 1.82) is 0 Å². The van der Waals surface area contributed by atoms with Gasteiger partial charge in [-0.15, -0.1) is 0 Å². The van der Waals surface area contributed by atoms with Crippen LogP contribution in [0.2, 0.25) is 0 Å². The maximum absolute atomic E-state index is 12.0. The van der Waals surface area contributed by atoms with Crippen LogP contribution in [0.25, 0.3) is 0 Å². The second kappa shape index (κ2) is 4.02. The molecule has 3 fully saturated rings. The molecule has 1 aromatic rings. The van der Waals surface area contributed by atoms with Gasteiger partial charge in [-0.25, -0.2) is 4.79 Å². The van der Waals surface area contributed by atoms with E-state index in [1.807, 2.05) is 17.0 Å². The maximum Gasteiger partial charge on any atom is 0.317 e. The number of carbonyl (C=O) groups is 1. The SMILES string of the molecule is O=C(NC1CC12CCC2)N1CC(Cc2ccco2)C1. The van der Waals surface area contributed by atoms with E-state index >= 15 is 0 Å². The van der Waals surface area contributed by atoms with E-state index in [0.717, 1.165) is 25.3 Å². The number of carbonyl (C=O) groups excluding carboxylic acids is 1. The van der Waals surface area contributed by atoms with Crippen LogP contribution in [0.1, 0.15) is 31.4 Å². The Morgan fingerprint density at radius 3 is 2.89 bits per heavy atom. The van der Waals surface area contributed by atoms with Crippen molar-refractivity contribution in [3.05, 3.63) is 24.2 Å². The van der Waals surface area contributed by atoms with Gasteiger partial charge in [-0.2, -0.15) is 0 Å². The molecule has 0 bridgehead atoms. The molecule has 1 atom stereocenters. The first-order chi connectivity index (χ1) is 9.25. The molecule has 1 N–H and O–H groups in total. The highest BCUT2D eigenvalue weighted by molar-refractivity contribution is 5.76. The van der Waals surface area contributed by atoms with Gasteiger partial charge in [-0.3, -0.25) is 0 Å². The predicted octanol–water partition coefficient (Wildman–Crippen LogP) is 2.41. The minimum Gasteiger partial charge on any atom is -0.469 e. The zero-order chi connectivity index (χ0) is 12.9. The quantitative estimate of drug-likeness (QED) is 0.907. The molecule has 4 rings (SSSR count). The fourth-order valence-electron chi connectivity index (χ4n) is 3.55. The Kier molecular flexibility index (Phi) is 2.41. The molecule has 1 aliphatic heterocycles. The minimum absolute atomic E-state index is 0.143. The molecule has 19 heavy (non-hydrogen) atoms. The van der Waals surface area contributed by atoms with Gasteiger partial charge in [-0.05, 0) is 36.8 Å². The minimum atomic E-state index is 0.143. The fraction of sp³-hybridized carbons (Fsp3) is 0.667. The summed E-state index contributed by atoms with van der Waals surface area (Å²) in [4.78, 5) is 14.0. The first-order valence-electron chi connectivity index (χ1n) is 7.33. The predicted molar refractivity (Wildman–Crippen MR) is 70.7 cm³/mol. The zero-order valence-corrected chi connectivity index (χ0v) is 11.1. The Hall–Kier alpha value is -1.45. The van der Waals surface area contributed by atoms with Crippen molar-refractivity contribution in [3.8, 4) is 0 Å². The third-order valence-electron chi connectivity index (χ3n) is 5.15. The molecule has 1 aromatic heterocycles. The molecule has 4 heteroatoms. The van der Waals surface area contributed by atoms with Gasteiger partial charge in [0.2, 0.25) is 0 Å². The largest absolute Gasteiger partial charge is 0.469 e. The van der Waals surface area contributed by atoms with E-state index < -0.39 is 0 Å². The number of rotatable bonds is 3. The summed E-state index contributed by atoms with van der Waals surface area (Å²) in [6, 6.07) is 4.54. The van der Waals surface area contributed by atoms with Crippen LogP contribution in [-0.2, 0) is 6.42 Å². The first-order valence-corrected chi connectivity index (χ1v) is 7.33. The van der Waals surface area contributed by atoms with Crippen molar-refractivity contribution in [3.63, 3.8) is 0 Å². The number of hydrogen-bond donors (Lipinski definition) is 1. The highest BCUT2D eigenvalue weighted by Gasteiger charge is 2.58. The normalized spacial score (nSPS) is 27.8. The summed E-state index contributed by atoms with van der Waals surface area (Å²) < 4.78 is 5.34. The lowest BCUT2D eigenvalue weighted by molar-refractivity contribution is 0.115. The van der Waals surface area contributed by atoms with E-state index in [2.05, 4.69) is 5.32 Å². The average molecular weight is 260 g/mol. The van der Waals surface area contributed by atoms with Crippen LogP contribution in [0, 0.1) is 11.3 Å². The number of nitrogens with one attached hydrogen (secondary N) is 1. The third kappa shape index (κ3) is 1.94. The first kappa shape index (κ1) is 11.4. The molecule has 3 aliphatic rings. The summed E-state index contributed by atoms with van der Waals surface area (Å²) in [5.41, 5.74) is 0.522. The fourth-order valence-corrected chi connectivity index (χ4v) is 3.55. The standard InChI is InChI=1S/C15H20N2O2/c18-14(16-13-8-15(13)4-2-5-15)17-9-11(10-17)7-12-3-1-6-19-12/h1,3,6,11,13H,2,4-5,7-10H2,(H,16,18). The van der Waals surface area contributed by atoms with Crippen LogP contribution in [0.3, 0.4) is 0 Å². The number of hydrogen-bond acceptors (Lipinski definition) is 2. The molecule has 2 aliphatic carbocycles. The molecule has 1 spiro atoms. The van der Waals surface area contributed by atoms with Crippen LogP contribution in [0.4, 0.5) is 4.79 Å². The van der Waals surface area contributed by atoms with Crippen molar-refractivity contribution in [2.75, 3.05) is 13.1 Å². The van der Waals surface area contributed by atoms with Gasteiger partial charge in [0, 0.05) is 31.5 Å². The summed E-state index contributed by atoms with van der Waals surface area (Å²) in [6.45, 7) is 1.73. The van der Waals surface area contributed by atoms with Gasteiger partial charge >= 0.3 is 6.03 Å². The molecule has 1 unspecified atom stereocenters. The van der Waals surface area contributed by atoms with E-state index in [-0.39, 0.29) is 6.03 Å². The lowest BCUT2D eigenvalue weighted by Gasteiger charge is -2.39. The zero-order valence-electron chi connectivity index (χ0n) is 11.1. The third-order valence-corrected chi connectivity index (χ3v) is 5.15. The summed E-state index contributed by atoms with van der Waals surface area (Å²) in [5.74, 6) is 1.59. The number of amides is 2. The maximum atomic E-state index is 12.0. The number of likely N-dealkylation sites (tertiary alicyclic amines) is 1. The molecule has 2 saturated carbocycles.